The third-order valence-corrected chi connectivity index (χ3v) is 1.66. The predicted octanol–water partition coefficient (Wildman–Crippen LogP) is 5.01. The molecule has 0 N–H and O–H groups in total. The van der Waals surface area contributed by atoms with Crippen molar-refractivity contribution in [2.45, 2.75) is 24.6 Å². The highest BCUT2D eigenvalue weighted by Gasteiger charge is 2.71. The van der Waals surface area contributed by atoms with E-state index in [4.69, 9.17) is 0 Å². The largest absolute Gasteiger partial charge is 0.454 e. The summed E-state index contributed by atoms with van der Waals surface area (Å²) < 4.78 is 158. The molecular weight excluding hydrogens is 347 g/mol. The number of halogens is 13. The standard InChI is InChI=1S/C7HF13O/c8-2(9)1(4(10,11)12)21-7(19,20)3(5(13,14)15)6(16,17)18/h3H. The van der Waals surface area contributed by atoms with Crippen LogP contribution in [-0.2, 0) is 4.74 Å². The molecule has 0 fully saturated rings. The van der Waals surface area contributed by atoms with Gasteiger partial charge in [0, 0.05) is 0 Å². The number of ether oxygens (including phenoxy) is 1. The van der Waals surface area contributed by atoms with Crippen molar-refractivity contribution in [2.75, 3.05) is 0 Å². The van der Waals surface area contributed by atoms with Crippen LogP contribution in [0.25, 0.3) is 0 Å². The van der Waals surface area contributed by atoms with E-state index in [-0.39, 0.29) is 0 Å². The van der Waals surface area contributed by atoms with Crippen molar-refractivity contribution in [1.82, 2.24) is 0 Å². The lowest BCUT2D eigenvalue weighted by molar-refractivity contribution is -0.398. The van der Waals surface area contributed by atoms with E-state index < -0.39 is 42.4 Å². The SMILES string of the molecule is FC(F)=C(OC(F)(F)C(C(F)(F)F)C(F)(F)F)C(F)(F)F. The van der Waals surface area contributed by atoms with Crippen molar-refractivity contribution < 1.29 is 61.8 Å². The Hall–Kier alpha value is -1.37. The Labute approximate surface area is 106 Å². The maximum atomic E-state index is 12.7. The third kappa shape index (κ3) is 5.15. The van der Waals surface area contributed by atoms with Gasteiger partial charge in [-0.25, -0.2) is 0 Å². The van der Waals surface area contributed by atoms with Crippen LogP contribution >= 0.6 is 0 Å². The van der Waals surface area contributed by atoms with Crippen LogP contribution in [-0.4, -0.2) is 24.6 Å². The van der Waals surface area contributed by atoms with E-state index in [1.165, 1.54) is 0 Å². The molecule has 0 aliphatic carbocycles. The van der Waals surface area contributed by atoms with E-state index in [9.17, 15) is 57.1 Å². The quantitative estimate of drug-likeness (QED) is 0.515. The lowest BCUT2D eigenvalue weighted by Crippen LogP contribution is -2.50. The summed E-state index contributed by atoms with van der Waals surface area (Å²) in [6.07, 6.45) is -30.8. The topological polar surface area (TPSA) is 9.23 Å². The van der Waals surface area contributed by atoms with Gasteiger partial charge in [0.2, 0.25) is 0 Å². The molecule has 0 heterocycles. The van der Waals surface area contributed by atoms with Crippen molar-refractivity contribution >= 4 is 0 Å². The molecule has 0 saturated heterocycles. The maximum Gasteiger partial charge on any atom is 0.454 e. The molecular formula is C7HF13O. The van der Waals surface area contributed by atoms with Crippen LogP contribution in [0.1, 0.15) is 0 Å². The fraction of sp³-hybridized carbons (Fsp3) is 0.714. The normalized spacial score (nSPS) is 14.4. The molecule has 21 heavy (non-hydrogen) atoms. The van der Waals surface area contributed by atoms with Gasteiger partial charge in [0.15, 0.2) is 0 Å². The van der Waals surface area contributed by atoms with Gasteiger partial charge in [-0.2, -0.15) is 57.1 Å². The first kappa shape index (κ1) is 19.6. The molecule has 14 heteroatoms. The van der Waals surface area contributed by atoms with Crippen LogP contribution in [0.15, 0.2) is 11.8 Å². The Balaban J connectivity index is 5.80. The molecule has 0 rings (SSSR count). The summed E-state index contributed by atoms with van der Waals surface area (Å²) in [7, 11) is 0. The van der Waals surface area contributed by atoms with E-state index in [0.29, 0.717) is 0 Å². The Kier molecular flexibility index (Phi) is 5.08. The fourth-order valence-corrected chi connectivity index (χ4v) is 0.965. The number of hydrogen-bond acceptors (Lipinski definition) is 1. The zero-order valence-electron chi connectivity index (χ0n) is 8.90. The molecule has 0 spiro atoms. The minimum absolute atomic E-state index is 2.01. The van der Waals surface area contributed by atoms with Crippen LogP contribution in [0.4, 0.5) is 57.1 Å². The van der Waals surface area contributed by atoms with Crippen molar-refractivity contribution in [3.05, 3.63) is 11.8 Å². The Morgan fingerprint density at radius 2 is 1.00 bits per heavy atom. The first-order valence-corrected chi connectivity index (χ1v) is 4.23. The third-order valence-electron chi connectivity index (χ3n) is 1.66. The van der Waals surface area contributed by atoms with Crippen LogP contribution in [0.2, 0.25) is 0 Å². The average Bonchev–Trinajstić information content (AvgIpc) is 2.05. The summed E-state index contributed by atoms with van der Waals surface area (Å²) in [5, 5.41) is 0. The first-order chi connectivity index (χ1) is 8.90. The van der Waals surface area contributed by atoms with Gasteiger partial charge in [0.05, 0.1) is 0 Å². The summed E-state index contributed by atoms with van der Waals surface area (Å²) >= 11 is 0. The van der Waals surface area contributed by atoms with Crippen molar-refractivity contribution in [3.8, 4) is 0 Å². The van der Waals surface area contributed by atoms with E-state index in [1.807, 2.05) is 4.74 Å². The lowest BCUT2D eigenvalue weighted by atomic mass is 10.1. The summed E-state index contributed by atoms with van der Waals surface area (Å²) in [5.74, 6) is -9.68. The van der Waals surface area contributed by atoms with E-state index in [2.05, 4.69) is 0 Å². The molecule has 0 bridgehead atoms. The van der Waals surface area contributed by atoms with Crippen LogP contribution in [0.5, 0.6) is 0 Å². The zero-order valence-corrected chi connectivity index (χ0v) is 8.90. The first-order valence-electron chi connectivity index (χ1n) is 4.23. The number of hydrogen-bond donors (Lipinski definition) is 0. The smallest absolute Gasteiger partial charge is 0.421 e. The molecule has 126 valence electrons. The second-order valence-corrected chi connectivity index (χ2v) is 3.27. The van der Waals surface area contributed by atoms with E-state index in [1.54, 1.807) is 0 Å². The monoisotopic (exact) mass is 348 g/mol. The van der Waals surface area contributed by atoms with E-state index in [0.717, 1.165) is 0 Å². The van der Waals surface area contributed by atoms with Gasteiger partial charge in [-0.15, -0.1) is 0 Å². The Bertz CT molecular complexity index is 378. The Morgan fingerprint density at radius 3 is 1.19 bits per heavy atom. The zero-order chi connectivity index (χ0) is 17.4. The van der Waals surface area contributed by atoms with E-state index >= 15 is 0 Å². The molecule has 0 saturated carbocycles. The average molecular weight is 348 g/mol. The molecule has 0 atom stereocenters. The number of alkyl halides is 11. The van der Waals surface area contributed by atoms with Gasteiger partial charge in [0.1, 0.15) is 0 Å². The summed E-state index contributed by atoms with van der Waals surface area (Å²) in [6.45, 7) is 0. The van der Waals surface area contributed by atoms with Crippen molar-refractivity contribution in [2.24, 2.45) is 5.92 Å². The van der Waals surface area contributed by atoms with Gasteiger partial charge >= 0.3 is 30.7 Å². The van der Waals surface area contributed by atoms with Gasteiger partial charge in [-0.05, 0) is 0 Å². The summed E-state index contributed by atoms with van der Waals surface area (Å²) in [4.78, 5) is 0. The van der Waals surface area contributed by atoms with Gasteiger partial charge in [-0.3, -0.25) is 0 Å². The van der Waals surface area contributed by atoms with Crippen LogP contribution in [0, 0.1) is 5.92 Å². The summed E-state index contributed by atoms with van der Waals surface area (Å²) in [5.41, 5.74) is 0. The van der Waals surface area contributed by atoms with Crippen molar-refractivity contribution in [1.29, 1.82) is 0 Å². The Morgan fingerprint density at radius 1 is 0.667 bits per heavy atom. The molecule has 0 radical (unpaired) electrons. The molecule has 0 aliphatic heterocycles. The molecule has 0 aliphatic rings. The minimum Gasteiger partial charge on any atom is -0.421 e. The number of allylic oxidation sites excluding steroid dienone is 1. The molecule has 0 unspecified atom stereocenters. The number of rotatable bonds is 3. The second-order valence-electron chi connectivity index (χ2n) is 3.27. The molecule has 0 amide bonds. The van der Waals surface area contributed by atoms with Gasteiger partial charge in [-0.1, -0.05) is 0 Å². The van der Waals surface area contributed by atoms with Crippen molar-refractivity contribution in [3.63, 3.8) is 0 Å². The molecule has 1 nitrogen and oxygen atoms in total. The molecule has 0 aromatic heterocycles. The highest BCUT2D eigenvalue weighted by molar-refractivity contribution is 5.02. The van der Waals surface area contributed by atoms with Crippen LogP contribution in [0.3, 0.4) is 0 Å². The molecule has 0 aromatic rings. The highest BCUT2D eigenvalue weighted by atomic mass is 19.4. The van der Waals surface area contributed by atoms with Gasteiger partial charge < -0.3 is 4.74 Å². The lowest BCUT2D eigenvalue weighted by Gasteiger charge is -2.30. The molecule has 0 aromatic carbocycles. The maximum absolute atomic E-state index is 12.7. The minimum atomic E-state index is -6.80. The fourth-order valence-electron chi connectivity index (χ4n) is 0.965. The summed E-state index contributed by atoms with van der Waals surface area (Å²) in [6, 6.07) is 0. The van der Waals surface area contributed by atoms with Crippen LogP contribution < -0.4 is 0 Å². The van der Waals surface area contributed by atoms with Gasteiger partial charge in [0.25, 0.3) is 11.7 Å². The highest BCUT2D eigenvalue weighted by Crippen LogP contribution is 2.50. The second kappa shape index (κ2) is 5.44. The predicted molar refractivity (Wildman–Crippen MR) is 36.9 cm³/mol.